The topological polar surface area (TPSA) is 68.6 Å². The average Bonchev–Trinajstić information content (AvgIpc) is 3.35. The molecule has 2 aliphatic rings. The first kappa shape index (κ1) is 17.2. The van der Waals surface area contributed by atoms with Crippen LogP contribution in [0.3, 0.4) is 0 Å². The lowest BCUT2D eigenvalue weighted by Crippen LogP contribution is -2.56. The van der Waals surface area contributed by atoms with Crippen LogP contribution in [0.4, 0.5) is 4.39 Å². The Morgan fingerprint density at radius 1 is 1.12 bits per heavy atom. The Kier molecular flexibility index (Phi) is 4.11. The summed E-state index contributed by atoms with van der Waals surface area (Å²) in [5.74, 6) is -0.0155. The summed E-state index contributed by atoms with van der Waals surface area (Å²) in [6.45, 7) is 2.27. The van der Waals surface area contributed by atoms with Crippen molar-refractivity contribution in [3.05, 3.63) is 58.3 Å². The van der Waals surface area contributed by atoms with Crippen molar-refractivity contribution in [2.75, 3.05) is 13.1 Å². The minimum atomic E-state index is -3.65. The molecule has 0 spiro atoms. The number of aryl methyl sites for hydroxylation is 1. The summed E-state index contributed by atoms with van der Waals surface area (Å²) in [7, 11) is -3.65. The molecule has 0 bridgehead atoms. The lowest BCUT2D eigenvalue weighted by Gasteiger charge is -2.37. The third-order valence-corrected chi connectivity index (χ3v) is 6.56. The van der Waals surface area contributed by atoms with Gasteiger partial charge in [-0.1, -0.05) is 0 Å². The van der Waals surface area contributed by atoms with Crippen molar-refractivity contribution in [2.24, 2.45) is 0 Å². The normalized spacial score (nSPS) is 18.5. The van der Waals surface area contributed by atoms with Crippen LogP contribution in [0.25, 0.3) is 0 Å². The summed E-state index contributed by atoms with van der Waals surface area (Å²) in [5.41, 5.74) is 0.766. The van der Waals surface area contributed by atoms with Crippen LogP contribution < -0.4 is 10.3 Å². The van der Waals surface area contributed by atoms with Crippen LogP contribution in [-0.4, -0.2) is 36.5 Å². The molecule has 8 heteroatoms. The highest BCUT2D eigenvalue weighted by molar-refractivity contribution is 7.89. The number of hydrogen-bond acceptors (Lipinski definition) is 4. The van der Waals surface area contributed by atoms with Gasteiger partial charge in [0, 0.05) is 17.8 Å². The van der Waals surface area contributed by atoms with Crippen molar-refractivity contribution in [2.45, 2.75) is 36.8 Å². The predicted octanol–water partition coefficient (Wildman–Crippen LogP) is 2.08. The van der Waals surface area contributed by atoms with Crippen molar-refractivity contribution in [1.82, 2.24) is 8.87 Å². The molecule has 1 aromatic heterocycles. The van der Waals surface area contributed by atoms with E-state index in [9.17, 15) is 17.6 Å². The third kappa shape index (κ3) is 3.14. The van der Waals surface area contributed by atoms with E-state index in [0.29, 0.717) is 11.8 Å². The van der Waals surface area contributed by atoms with Gasteiger partial charge in [0.05, 0.1) is 18.0 Å². The maximum atomic E-state index is 13.0. The molecule has 4 rings (SSSR count). The van der Waals surface area contributed by atoms with E-state index in [2.05, 4.69) is 0 Å². The van der Waals surface area contributed by atoms with Crippen LogP contribution in [0.2, 0.25) is 0 Å². The largest absolute Gasteiger partial charge is 0.487 e. The van der Waals surface area contributed by atoms with Gasteiger partial charge in [0.25, 0.3) is 5.56 Å². The lowest BCUT2D eigenvalue weighted by atomic mass is 10.2. The van der Waals surface area contributed by atoms with E-state index < -0.39 is 15.8 Å². The van der Waals surface area contributed by atoms with Crippen LogP contribution in [0.15, 0.2) is 46.1 Å². The standard InChI is InChI=1S/C18H19FN2O4S/c1-12-8-15(9-18(22)21(12)14-4-5-14)25-16-10-20(11-16)26(23,24)17-6-2-13(19)3-7-17/h2-3,6-9,14,16H,4-5,10-11H2,1H3. The van der Waals surface area contributed by atoms with Crippen LogP contribution >= 0.6 is 0 Å². The van der Waals surface area contributed by atoms with Crippen LogP contribution in [-0.2, 0) is 10.0 Å². The second kappa shape index (κ2) is 6.21. The Bertz CT molecular complexity index is 991. The van der Waals surface area contributed by atoms with E-state index in [0.717, 1.165) is 30.7 Å². The number of benzene rings is 1. The number of aromatic nitrogens is 1. The zero-order valence-electron chi connectivity index (χ0n) is 14.3. The number of sulfonamides is 1. The molecule has 2 fully saturated rings. The SMILES string of the molecule is Cc1cc(OC2CN(S(=O)(=O)c3ccc(F)cc3)C2)cc(=O)n1C1CC1. The highest BCUT2D eigenvalue weighted by atomic mass is 32.2. The molecule has 0 atom stereocenters. The van der Waals surface area contributed by atoms with Gasteiger partial charge in [0.2, 0.25) is 10.0 Å². The number of rotatable bonds is 5. The molecule has 26 heavy (non-hydrogen) atoms. The van der Waals surface area contributed by atoms with Crippen LogP contribution in [0.5, 0.6) is 5.75 Å². The smallest absolute Gasteiger partial charge is 0.254 e. The minimum Gasteiger partial charge on any atom is -0.487 e. The molecule has 0 radical (unpaired) electrons. The Hall–Kier alpha value is -2.19. The highest BCUT2D eigenvalue weighted by Gasteiger charge is 2.38. The second-order valence-corrected chi connectivity index (χ2v) is 8.73. The molecule has 2 heterocycles. The molecule has 2 aromatic rings. The zero-order valence-corrected chi connectivity index (χ0v) is 15.1. The van der Waals surface area contributed by atoms with Crippen molar-refractivity contribution in [1.29, 1.82) is 0 Å². The summed E-state index contributed by atoms with van der Waals surface area (Å²) < 4.78 is 46.7. The number of nitrogens with zero attached hydrogens (tertiary/aromatic N) is 2. The van der Waals surface area contributed by atoms with E-state index in [4.69, 9.17) is 4.74 Å². The number of pyridine rings is 1. The maximum absolute atomic E-state index is 13.0. The molecule has 138 valence electrons. The van der Waals surface area contributed by atoms with E-state index in [1.54, 1.807) is 4.57 Å². The van der Waals surface area contributed by atoms with Gasteiger partial charge in [-0.2, -0.15) is 4.31 Å². The lowest BCUT2D eigenvalue weighted by molar-refractivity contribution is 0.0758. The summed E-state index contributed by atoms with van der Waals surface area (Å²) in [6, 6.07) is 8.33. The highest BCUT2D eigenvalue weighted by Crippen LogP contribution is 2.35. The van der Waals surface area contributed by atoms with Crippen molar-refractivity contribution in [3.8, 4) is 5.75 Å². The second-order valence-electron chi connectivity index (χ2n) is 6.79. The fourth-order valence-electron chi connectivity index (χ4n) is 3.17. The van der Waals surface area contributed by atoms with Gasteiger partial charge < -0.3 is 9.30 Å². The molecule has 1 saturated heterocycles. The van der Waals surface area contributed by atoms with Crippen molar-refractivity contribution < 1.29 is 17.5 Å². The van der Waals surface area contributed by atoms with Gasteiger partial charge in [-0.05, 0) is 50.1 Å². The summed E-state index contributed by atoms with van der Waals surface area (Å²) in [6.07, 6.45) is 1.75. The fourth-order valence-corrected chi connectivity index (χ4v) is 4.67. The Labute approximate surface area is 150 Å². The van der Waals surface area contributed by atoms with Gasteiger partial charge in [0.1, 0.15) is 17.7 Å². The van der Waals surface area contributed by atoms with E-state index in [1.807, 2.05) is 13.0 Å². The first-order valence-electron chi connectivity index (χ1n) is 8.50. The van der Waals surface area contributed by atoms with Gasteiger partial charge in [-0.3, -0.25) is 4.79 Å². The summed E-state index contributed by atoms with van der Waals surface area (Å²) >= 11 is 0. The first-order valence-corrected chi connectivity index (χ1v) is 9.94. The molecule has 6 nitrogen and oxygen atoms in total. The number of hydrogen-bond donors (Lipinski definition) is 0. The minimum absolute atomic E-state index is 0.0558. The van der Waals surface area contributed by atoms with Crippen LogP contribution in [0, 0.1) is 12.7 Å². The molecule has 1 aliphatic heterocycles. The molecular formula is C18H19FN2O4S. The molecule has 0 amide bonds. The van der Waals surface area contributed by atoms with Crippen LogP contribution in [0.1, 0.15) is 24.6 Å². The molecular weight excluding hydrogens is 359 g/mol. The quantitative estimate of drug-likeness (QED) is 0.799. The monoisotopic (exact) mass is 378 g/mol. The number of ether oxygens (including phenoxy) is 1. The zero-order chi connectivity index (χ0) is 18.5. The summed E-state index contributed by atoms with van der Waals surface area (Å²) in [5, 5.41) is 0. The molecule has 0 unspecified atom stereocenters. The predicted molar refractivity (Wildman–Crippen MR) is 93.3 cm³/mol. The van der Waals surface area contributed by atoms with Gasteiger partial charge in [0.15, 0.2) is 0 Å². The Morgan fingerprint density at radius 2 is 1.77 bits per heavy atom. The van der Waals surface area contributed by atoms with Gasteiger partial charge >= 0.3 is 0 Å². The van der Waals surface area contributed by atoms with Gasteiger partial charge in [-0.25, -0.2) is 12.8 Å². The molecule has 1 aromatic carbocycles. The molecule has 1 aliphatic carbocycles. The van der Waals surface area contributed by atoms with Crippen molar-refractivity contribution in [3.63, 3.8) is 0 Å². The molecule has 1 saturated carbocycles. The van der Waals surface area contributed by atoms with E-state index >= 15 is 0 Å². The molecule has 0 N–H and O–H groups in total. The maximum Gasteiger partial charge on any atom is 0.254 e. The fraction of sp³-hybridized carbons (Fsp3) is 0.389. The number of halogens is 1. The Morgan fingerprint density at radius 3 is 2.35 bits per heavy atom. The summed E-state index contributed by atoms with van der Waals surface area (Å²) in [4.78, 5) is 12.3. The first-order chi connectivity index (χ1) is 12.3. The third-order valence-electron chi connectivity index (χ3n) is 4.72. The van der Waals surface area contributed by atoms with Crippen molar-refractivity contribution >= 4 is 10.0 Å². The van der Waals surface area contributed by atoms with E-state index in [1.165, 1.54) is 22.5 Å². The van der Waals surface area contributed by atoms with E-state index in [-0.39, 0.29) is 29.6 Å². The van der Waals surface area contributed by atoms with Gasteiger partial charge in [-0.15, -0.1) is 0 Å². The average molecular weight is 378 g/mol. The Balaban J connectivity index is 1.42.